The molecule has 0 radical (unpaired) electrons. The van der Waals surface area contributed by atoms with E-state index in [9.17, 15) is 4.79 Å². The van der Waals surface area contributed by atoms with E-state index in [2.05, 4.69) is 35.1 Å². The molecule has 0 aromatic rings. The molecule has 66 valence electrons. The van der Waals surface area contributed by atoms with Gasteiger partial charge in [-0.1, -0.05) is 19.6 Å². The first-order valence-electron chi connectivity index (χ1n) is 3.51. The topological polar surface area (TPSA) is 61.6 Å². The average Bonchev–Trinajstić information content (AvgIpc) is 1.78. The van der Waals surface area contributed by atoms with E-state index >= 15 is 0 Å². The lowest BCUT2D eigenvalue weighted by Gasteiger charge is -2.13. The molecule has 0 spiro atoms. The second-order valence-electron chi connectivity index (χ2n) is 3.54. The van der Waals surface area contributed by atoms with Crippen LogP contribution in [0.4, 0.5) is 4.79 Å². The molecule has 0 unspecified atom stereocenters. The molecule has 0 bridgehead atoms. The van der Waals surface area contributed by atoms with Crippen LogP contribution in [0.1, 0.15) is 0 Å². The Kier molecular flexibility index (Phi) is 4.13. The quantitative estimate of drug-likeness (QED) is 0.305. The third kappa shape index (κ3) is 9.45. The summed E-state index contributed by atoms with van der Waals surface area (Å²) in [6.45, 7) is 7.07. The summed E-state index contributed by atoms with van der Waals surface area (Å²) in [5.74, 6) is 0. The van der Waals surface area contributed by atoms with E-state index in [4.69, 9.17) is 0 Å². The lowest BCUT2D eigenvalue weighted by Crippen LogP contribution is -2.23. The Morgan fingerprint density at radius 1 is 1.45 bits per heavy atom. The first kappa shape index (κ1) is 10.4. The Bertz CT molecular complexity index is 132. The van der Waals surface area contributed by atoms with Crippen molar-refractivity contribution in [1.82, 2.24) is 0 Å². The molecule has 0 heterocycles. The van der Waals surface area contributed by atoms with Crippen LogP contribution in [0.15, 0.2) is 0 Å². The molecule has 2 N–H and O–H groups in total. The van der Waals surface area contributed by atoms with Gasteiger partial charge in [0, 0.05) is 8.07 Å². The van der Waals surface area contributed by atoms with Crippen LogP contribution in [0, 0.1) is 0 Å². The van der Waals surface area contributed by atoms with Crippen molar-refractivity contribution in [3.8, 4) is 0 Å². The molecule has 0 aromatic carbocycles. The van der Waals surface area contributed by atoms with Crippen molar-refractivity contribution in [3.05, 3.63) is 0 Å². The van der Waals surface area contributed by atoms with Crippen molar-refractivity contribution in [3.63, 3.8) is 0 Å². The fourth-order valence-electron chi connectivity index (χ4n) is 0.448. The molecule has 5 heteroatoms. The summed E-state index contributed by atoms with van der Waals surface area (Å²) in [5.41, 5.74) is 4.67. The van der Waals surface area contributed by atoms with Gasteiger partial charge in [-0.25, -0.2) is 4.79 Å². The predicted molar refractivity (Wildman–Crippen MR) is 44.8 cm³/mol. The van der Waals surface area contributed by atoms with E-state index in [-0.39, 0.29) is 0 Å². The Morgan fingerprint density at radius 2 is 2.00 bits per heavy atom. The van der Waals surface area contributed by atoms with E-state index in [0.29, 0.717) is 6.61 Å². The highest BCUT2D eigenvalue weighted by molar-refractivity contribution is 6.76. The second kappa shape index (κ2) is 4.35. The molecule has 0 aliphatic carbocycles. The van der Waals surface area contributed by atoms with Gasteiger partial charge in [0.25, 0.3) is 0 Å². The van der Waals surface area contributed by atoms with Crippen LogP contribution in [-0.2, 0) is 9.78 Å². The molecular weight excluding hydrogens is 162 g/mol. The lowest BCUT2D eigenvalue weighted by molar-refractivity contribution is -0.232. The highest BCUT2D eigenvalue weighted by Crippen LogP contribution is 2.07. The maximum absolute atomic E-state index is 10.0. The number of rotatable bonds is 4. The fraction of sp³-hybridized carbons (Fsp3) is 0.833. The van der Waals surface area contributed by atoms with Gasteiger partial charge in [-0.15, -0.1) is 0 Å². The highest BCUT2D eigenvalue weighted by Gasteiger charge is 2.12. The Hall–Kier alpha value is -0.553. The van der Waals surface area contributed by atoms with Crippen LogP contribution in [0.2, 0.25) is 25.7 Å². The van der Waals surface area contributed by atoms with Crippen molar-refractivity contribution in [1.29, 1.82) is 0 Å². The van der Waals surface area contributed by atoms with Crippen LogP contribution >= 0.6 is 0 Å². The maximum atomic E-state index is 10.0. The zero-order valence-corrected chi connectivity index (χ0v) is 8.22. The maximum Gasteiger partial charge on any atom is 0.436 e. The standard InChI is InChI=1S/C6H15NO3Si/c1-11(2,3)5-4-9-10-6(7)8/h4-5H2,1-3H3,(H2,7,8). The van der Waals surface area contributed by atoms with Gasteiger partial charge >= 0.3 is 6.09 Å². The zero-order valence-electron chi connectivity index (χ0n) is 7.22. The minimum Gasteiger partial charge on any atom is -0.333 e. The average molecular weight is 177 g/mol. The molecule has 11 heavy (non-hydrogen) atoms. The molecule has 0 saturated heterocycles. The molecule has 0 atom stereocenters. The number of carbonyl (C=O) groups is 1. The van der Waals surface area contributed by atoms with E-state index in [1.807, 2.05) is 0 Å². The highest BCUT2D eigenvalue weighted by atomic mass is 28.3. The molecule has 0 aromatic heterocycles. The summed E-state index contributed by atoms with van der Waals surface area (Å²) in [5, 5.41) is 0. The molecule has 0 rings (SSSR count). The summed E-state index contributed by atoms with van der Waals surface area (Å²) < 4.78 is 0. The van der Waals surface area contributed by atoms with Gasteiger partial charge in [-0.05, 0) is 6.04 Å². The number of amides is 1. The summed E-state index contributed by atoms with van der Waals surface area (Å²) >= 11 is 0. The van der Waals surface area contributed by atoms with Crippen molar-refractivity contribution >= 4 is 14.2 Å². The third-order valence-corrected chi connectivity index (χ3v) is 2.78. The van der Waals surface area contributed by atoms with E-state index in [1.54, 1.807) is 0 Å². The Labute approximate surface area is 67.6 Å². The van der Waals surface area contributed by atoms with Gasteiger partial charge in [-0.2, -0.15) is 4.89 Å². The van der Waals surface area contributed by atoms with Gasteiger partial charge in [0.15, 0.2) is 0 Å². The van der Waals surface area contributed by atoms with Crippen LogP contribution in [-0.4, -0.2) is 20.8 Å². The lowest BCUT2D eigenvalue weighted by atomic mass is 10.9. The molecule has 0 saturated carbocycles. The number of nitrogens with two attached hydrogens (primary N) is 1. The van der Waals surface area contributed by atoms with Gasteiger partial charge < -0.3 is 5.73 Å². The van der Waals surface area contributed by atoms with Crippen molar-refractivity contribution < 1.29 is 14.6 Å². The summed E-state index contributed by atoms with van der Waals surface area (Å²) in [6.07, 6.45) is -0.888. The molecule has 0 aliphatic heterocycles. The molecule has 4 nitrogen and oxygen atoms in total. The van der Waals surface area contributed by atoms with Gasteiger partial charge in [0.1, 0.15) is 0 Å². The number of primary amides is 1. The first-order chi connectivity index (χ1) is 4.92. The van der Waals surface area contributed by atoms with Gasteiger partial charge in [0.05, 0.1) is 6.61 Å². The minimum atomic E-state index is -1.09. The van der Waals surface area contributed by atoms with Crippen molar-refractivity contribution in [2.24, 2.45) is 5.73 Å². The van der Waals surface area contributed by atoms with Crippen molar-refractivity contribution in [2.45, 2.75) is 25.7 Å². The molecular formula is C6H15NO3Si. The van der Waals surface area contributed by atoms with Crippen LogP contribution in [0.25, 0.3) is 0 Å². The van der Waals surface area contributed by atoms with E-state index in [1.165, 1.54) is 0 Å². The summed E-state index contributed by atoms with van der Waals surface area (Å²) in [4.78, 5) is 18.6. The number of carbonyl (C=O) groups excluding carboxylic acids is 1. The second-order valence-corrected chi connectivity index (χ2v) is 9.16. The molecule has 1 amide bonds. The van der Waals surface area contributed by atoms with E-state index in [0.717, 1.165) is 6.04 Å². The number of hydrogen-bond donors (Lipinski definition) is 1. The minimum absolute atomic E-state index is 0.443. The Balaban J connectivity index is 3.22. The van der Waals surface area contributed by atoms with Crippen molar-refractivity contribution in [2.75, 3.05) is 6.61 Å². The van der Waals surface area contributed by atoms with Crippen LogP contribution in [0.5, 0.6) is 0 Å². The SMILES string of the molecule is C[Si](C)(C)CCOOC(N)=O. The molecule has 0 aliphatic rings. The summed E-state index contributed by atoms with van der Waals surface area (Å²) in [6, 6.07) is 0.959. The van der Waals surface area contributed by atoms with E-state index < -0.39 is 14.2 Å². The van der Waals surface area contributed by atoms with Crippen LogP contribution < -0.4 is 5.73 Å². The summed E-state index contributed by atoms with van der Waals surface area (Å²) in [7, 11) is -1.09. The zero-order chi connectivity index (χ0) is 8.91. The first-order valence-corrected chi connectivity index (χ1v) is 7.21. The number of hydrogen-bond acceptors (Lipinski definition) is 3. The predicted octanol–water partition coefficient (Wildman–Crippen LogP) is 1.35. The van der Waals surface area contributed by atoms with Gasteiger partial charge in [0.2, 0.25) is 0 Å². The fourth-order valence-corrected chi connectivity index (χ4v) is 1.14. The third-order valence-electron chi connectivity index (χ3n) is 1.08. The normalized spacial score (nSPS) is 11.2. The smallest absolute Gasteiger partial charge is 0.333 e. The Morgan fingerprint density at radius 3 is 2.36 bits per heavy atom. The van der Waals surface area contributed by atoms with Crippen LogP contribution in [0.3, 0.4) is 0 Å². The van der Waals surface area contributed by atoms with Gasteiger partial charge in [-0.3, -0.25) is 4.89 Å². The monoisotopic (exact) mass is 177 g/mol. The largest absolute Gasteiger partial charge is 0.436 e. The molecule has 0 fully saturated rings.